The first-order valence-electron chi connectivity index (χ1n) is 6.22. The van der Waals surface area contributed by atoms with Gasteiger partial charge in [-0.1, -0.05) is 6.07 Å². The van der Waals surface area contributed by atoms with Crippen LogP contribution in [-0.4, -0.2) is 46.7 Å². The number of hydrogen-bond acceptors (Lipinski definition) is 6. The lowest BCUT2D eigenvalue weighted by molar-refractivity contribution is -0.384. The first-order chi connectivity index (χ1) is 9.93. The Balaban J connectivity index is 2.18. The van der Waals surface area contributed by atoms with E-state index in [9.17, 15) is 19.7 Å². The lowest BCUT2D eigenvalue weighted by Crippen LogP contribution is -2.52. The van der Waals surface area contributed by atoms with Gasteiger partial charge >= 0.3 is 11.8 Å². The molecule has 2 amide bonds. The summed E-state index contributed by atoms with van der Waals surface area (Å²) in [5.41, 5.74) is 2.92. The van der Waals surface area contributed by atoms with Crippen molar-refractivity contribution < 1.29 is 14.5 Å². The van der Waals surface area contributed by atoms with E-state index in [1.165, 1.54) is 28.0 Å². The normalized spacial score (nSPS) is 15.3. The minimum absolute atomic E-state index is 0.151. The molecule has 0 radical (unpaired) electrons. The minimum atomic E-state index is -0.579. The van der Waals surface area contributed by atoms with Crippen molar-refractivity contribution in [3.63, 3.8) is 0 Å². The van der Waals surface area contributed by atoms with E-state index in [2.05, 4.69) is 5.43 Å². The second kappa shape index (κ2) is 5.75. The highest BCUT2D eigenvalue weighted by Crippen LogP contribution is 2.25. The largest absolute Gasteiger partial charge is 0.336 e. The summed E-state index contributed by atoms with van der Waals surface area (Å²) in [5, 5.41) is 10.8. The quantitative estimate of drug-likeness (QED) is 0.339. The van der Waals surface area contributed by atoms with E-state index in [1.54, 1.807) is 7.05 Å². The lowest BCUT2D eigenvalue weighted by atomic mass is 10.1. The van der Waals surface area contributed by atoms with Crippen LogP contribution in [0, 0.1) is 10.1 Å². The van der Waals surface area contributed by atoms with E-state index >= 15 is 0 Å². The van der Waals surface area contributed by atoms with Gasteiger partial charge in [-0.3, -0.25) is 25.5 Å². The van der Waals surface area contributed by atoms with E-state index < -0.39 is 16.7 Å². The number of nitrogens with two attached hydrogens (primary N) is 1. The van der Waals surface area contributed by atoms with E-state index in [1.807, 2.05) is 0 Å². The molecule has 2 rings (SSSR count). The van der Waals surface area contributed by atoms with Gasteiger partial charge in [0, 0.05) is 32.7 Å². The Labute approximate surface area is 120 Å². The van der Waals surface area contributed by atoms with E-state index in [4.69, 9.17) is 5.84 Å². The van der Waals surface area contributed by atoms with Crippen molar-refractivity contribution in [3.05, 3.63) is 33.9 Å². The molecular weight excluding hydrogens is 278 g/mol. The monoisotopic (exact) mass is 293 g/mol. The predicted octanol–water partition coefficient (Wildman–Crippen LogP) is -0.319. The molecule has 1 aromatic carbocycles. The van der Waals surface area contributed by atoms with Gasteiger partial charge in [-0.25, -0.2) is 0 Å². The molecule has 21 heavy (non-hydrogen) atoms. The number of piperazine rings is 1. The molecule has 0 atom stereocenters. The number of rotatable bonds is 4. The molecule has 0 aromatic heterocycles. The molecule has 1 aliphatic rings. The van der Waals surface area contributed by atoms with Gasteiger partial charge in [0.1, 0.15) is 5.69 Å². The first-order valence-corrected chi connectivity index (χ1v) is 6.22. The Morgan fingerprint density at radius 2 is 2.05 bits per heavy atom. The molecular formula is C12H15N5O4. The van der Waals surface area contributed by atoms with Crippen LogP contribution in [0.2, 0.25) is 0 Å². The zero-order chi connectivity index (χ0) is 15.6. The molecule has 1 fully saturated rings. The minimum Gasteiger partial charge on any atom is -0.336 e. The average molecular weight is 293 g/mol. The zero-order valence-electron chi connectivity index (χ0n) is 11.4. The third-order valence-electron chi connectivity index (χ3n) is 3.31. The van der Waals surface area contributed by atoms with Crippen LogP contribution in [0.25, 0.3) is 0 Å². The summed E-state index contributed by atoms with van der Waals surface area (Å²) >= 11 is 0. The number of likely N-dealkylation sites (N-methyl/N-ethyl adjacent to an activating group) is 1. The van der Waals surface area contributed by atoms with Gasteiger partial charge in [-0.05, 0) is 11.6 Å². The number of nitro benzene ring substituents is 1. The third kappa shape index (κ3) is 2.92. The molecule has 1 saturated heterocycles. The fraction of sp³-hybridized carbons (Fsp3) is 0.333. The summed E-state index contributed by atoms with van der Waals surface area (Å²) in [5.74, 6) is 4.13. The van der Waals surface area contributed by atoms with Crippen molar-refractivity contribution in [2.45, 2.75) is 6.54 Å². The van der Waals surface area contributed by atoms with Crippen LogP contribution in [0.15, 0.2) is 18.2 Å². The first kappa shape index (κ1) is 14.7. The van der Waals surface area contributed by atoms with Crippen molar-refractivity contribution in [1.82, 2.24) is 9.80 Å². The number of anilines is 1. The Kier molecular flexibility index (Phi) is 4.03. The number of nitrogens with zero attached hydrogens (tertiary/aromatic N) is 3. The fourth-order valence-corrected chi connectivity index (χ4v) is 2.10. The number of nitrogen functional groups attached to an aromatic ring is 1. The van der Waals surface area contributed by atoms with Gasteiger partial charge in [-0.15, -0.1) is 0 Å². The van der Waals surface area contributed by atoms with E-state index in [0.29, 0.717) is 18.7 Å². The van der Waals surface area contributed by atoms with Gasteiger partial charge < -0.3 is 15.2 Å². The number of amides is 2. The number of carbonyl (C=O) groups excluding carboxylic acids is 2. The summed E-state index contributed by atoms with van der Waals surface area (Å²) in [7, 11) is 1.57. The molecule has 0 bridgehead atoms. The molecule has 112 valence electrons. The van der Waals surface area contributed by atoms with Crippen LogP contribution in [-0.2, 0) is 16.1 Å². The number of benzene rings is 1. The number of hydrazine groups is 1. The third-order valence-corrected chi connectivity index (χ3v) is 3.31. The summed E-state index contributed by atoms with van der Waals surface area (Å²) in [6.45, 7) is 1.08. The number of carbonyl (C=O) groups is 2. The summed E-state index contributed by atoms with van der Waals surface area (Å²) in [4.78, 5) is 36.5. The number of hydrogen-bond donors (Lipinski definition) is 2. The Hall–Kier alpha value is -2.68. The molecule has 1 heterocycles. The van der Waals surface area contributed by atoms with Gasteiger partial charge in [0.25, 0.3) is 5.69 Å². The highest BCUT2D eigenvalue weighted by molar-refractivity contribution is 6.35. The van der Waals surface area contributed by atoms with Crippen LogP contribution >= 0.6 is 0 Å². The summed E-state index contributed by atoms with van der Waals surface area (Å²) in [6.07, 6.45) is 0. The van der Waals surface area contributed by atoms with Crippen LogP contribution in [0.3, 0.4) is 0 Å². The predicted molar refractivity (Wildman–Crippen MR) is 74.0 cm³/mol. The standard InChI is InChI=1S/C12H15N5O4/c1-15-4-5-16(12(19)11(15)18)7-8-2-3-10(17(20)21)9(6-8)14-13/h2-3,6,14H,4-5,7,13H2,1H3. The molecule has 0 saturated carbocycles. The highest BCUT2D eigenvalue weighted by atomic mass is 16.6. The van der Waals surface area contributed by atoms with Gasteiger partial charge in [0.05, 0.1) is 4.92 Å². The molecule has 1 aromatic rings. The molecule has 3 N–H and O–H groups in total. The van der Waals surface area contributed by atoms with Crippen molar-refractivity contribution >= 4 is 23.2 Å². The SMILES string of the molecule is CN1CCN(Cc2ccc([N+](=O)[O-])c(NN)c2)C(=O)C1=O. The Bertz CT molecular complexity index is 603. The van der Waals surface area contributed by atoms with Gasteiger partial charge in [0.15, 0.2) is 0 Å². The number of nitrogens with one attached hydrogen (secondary N) is 1. The van der Waals surface area contributed by atoms with Crippen LogP contribution < -0.4 is 11.3 Å². The second-order valence-electron chi connectivity index (χ2n) is 4.71. The summed E-state index contributed by atoms with van der Waals surface area (Å²) < 4.78 is 0. The average Bonchev–Trinajstić information content (AvgIpc) is 2.47. The van der Waals surface area contributed by atoms with Crippen LogP contribution in [0.4, 0.5) is 11.4 Å². The second-order valence-corrected chi connectivity index (χ2v) is 4.71. The maximum Gasteiger partial charge on any atom is 0.312 e. The molecule has 9 nitrogen and oxygen atoms in total. The topological polar surface area (TPSA) is 122 Å². The van der Waals surface area contributed by atoms with Crippen molar-refractivity contribution in [2.24, 2.45) is 5.84 Å². The lowest BCUT2D eigenvalue weighted by Gasteiger charge is -2.31. The van der Waals surface area contributed by atoms with E-state index in [0.717, 1.165) is 0 Å². The zero-order valence-corrected chi connectivity index (χ0v) is 11.4. The van der Waals surface area contributed by atoms with Crippen molar-refractivity contribution in [3.8, 4) is 0 Å². The Morgan fingerprint density at radius 1 is 1.33 bits per heavy atom. The fourth-order valence-electron chi connectivity index (χ4n) is 2.10. The van der Waals surface area contributed by atoms with Crippen molar-refractivity contribution in [1.29, 1.82) is 0 Å². The summed E-state index contributed by atoms with van der Waals surface area (Å²) in [6, 6.07) is 4.34. The van der Waals surface area contributed by atoms with E-state index in [-0.39, 0.29) is 17.9 Å². The molecule has 1 aliphatic heterocycles. The molecule has 0 unspecified atom stereocenters. The smallest absolute Gasteiger partial charge is 0.312 e. The van der Waals surface area contributed by atoms with Crippen molar-refractivity contribution in [2.75, 3.05) is 25.6 Å². The maximum atomic E-state index is 11.9. The molecule has 0 spiro atoms. The van der Waals surface area contributed by atoms with Gasteiger partial charge in [0.2, 0.25) is 0 Å². The Morgan fingerprint density at radius 3 is 2.67 bits per heavy atom. The van der Waals surface area contributed by atoms with Crippen LogP contribution in [0.1, 0.15) is 5.56 Å². The highest BCUT2D eigenvalue weighted by Gasteiger charge is 2.30. The maximum absolute atomic E-state index is 11.9. The molecule has 9 heteroatoms. The van der Waals surface area contributed by atoms with Crippen LogP contribution in [0.5, 0.6) is 0 Å². The van der Waals surface area contributed by atoms with Gasteiger partial charge in [-0.2, -0.15) is 0 Å². The number of nitro groups is 1. The molecule has 0 aliphatic carbocycles.